The SMILES string of the molecule is CN1CCN(CCCc2ccc(-c3ccncc3)cc2)CC1. The van der Waals surface area contributed by atoms with E-state index < -0.39 is 0 Å². The van der Waals surface area contributed by atoms with Crippen LogP contribution in [-0.4, -0.2) is 54.6 Å². The molecule has 0 saturated carbocycles. The zero-order valence-corrected chi connectivity index (χ0v) is 13.4. The molecule has 116 valence electrons. The zero-order chi connectivity index (χ0) is 15.2. The van der Waals surface area contributed by atoms with Crippen molar-refractivity contribution in [3.8, 4) is 11.1 Å². The van der Waals surface area contributed by atoms with Crippen molar-refractivity contribution in [1.82, 2.24) is 14.8 Å². The molecule has 1 saturated heterocycles. The summed E-state index contributed by atoms with van der Waals surface area (Å²) in [6.07, 6.45) is 6.11. The molecule has 0 atom stereocenters. The molecule has 2 aromatic rings. The number of rotatable bonds is 5. The summed E-state index contributed by atoms with van der Waals surface area (Å²) < 4.78 is 0. The Morgan fingerprint density at radius 2 is 1.50 bits per heavy atom. The third-order valence-corrected chi connectivity index (χ3v) is 4.50. The van der Waals surface area contributed by atoms with E-state index in [-0.39, 0.29) is 0 Å². The minimum absolute atomic E-state index is 1.17. The van der Waals surface area contributed by atoms with Gasteiger partial charge in [-0.05, 0) is 55.3 Å². The summed E-state index contributed by atoms with van der Waals surface area (Å²) >= 11 is 0. The van der Waals surface area contributed by atoms with Gasteiger partial charge in [-0.1, -0.05) is 24.3 Å². The van der Waals surface area contributed by atoms with Crippen LogP contribution in [0.4, 0.5) is 0 Å². The third-order valence-electron chi connectivity index (χ3n) is 4.50. The highest BCUT2D eigenvalue weighted by molar-refractivity contribution is 5.62. The highest BCUT2D eigenvalue weighted by Crippen LogP contribution is 2.19. The van der Waals surface area contributed by atoms with Crippen LogP contribution in [-0.2, 0) is 6.42 Å². The van der Waals surface area contributed by atoms with Crippen molar-refractivity contribution in [3.05, 3.63) is 54.4 Å². The molecule has 0 bridgehead atoms. The molecule has 1 aromatic carbocycles. The van der Waals surface area contributed by atoms with Crippen molar-refractivity contribution in [2.24, 2.45) is 0 Å². The molecule has 0 aliphatic carbocycles. The first kappa shape index (κ1) is 15.2. The van der Waals surface area contributed by atoms with Crippen LogP contribution in [0.1, 0.15) is 12.0 Å². The lowest BCUT2D eigenvalue weighted by Gasteiger charge is -2.32. The highest BCUT2D eigenvalue weighted by atomic mass is 15.2. The number of benzene rings is 1. The number of aryl methyl sites for hydroxylation is 1. The third kappa shape index (κ3) is 4.15. The molecule has 1 aromatic heterocycles. The average molecular weight is 295 g/mol. The van der Waals surface area contributed by atoms with E-state index in [9.17, 15) is 0 Å². The Balaban J connectivity index is 1.47. The van der Waals surface area contributed by atoms with Crippen molar-refractivity contribution < 1.29 is 0 Å². The smallest absolute Gasteiger partial charge is 0.0273 e. The molecule has 22 heavy (non-hydrogen) atoms. The van der Waals surface area contributed by atoms with Gasteiger partial charge in [-0.25, -0.2) is 0 Å². The van der Waals surface area contributed by atoms with Crippen molar-refractivity contribution in [2.45, 2.75) is 12.8 Å². The number of aromatic nitrogens is 1. The standard InChI is InChI=1S/C19H25N3/c1-21-13-15-22(16-14-21)12-2-3-17-4-6-18(7-5-17)19-8-10-20-11-9-19/h4-11H,2-3,12-16H2,1H3. The molecular formula is C19H25N3. The number of pyridine rings is 1. The summed E-state index contributed by atoms with van der Waals surface area (Å²) in [5.41, 5.74) is 3.94. The van der Waals surface area contributed by atoms with Gasteiger partial charge in [-0.3, -0.25) is 4.98 Å². The number of hydrogen-bond donors (Lipinski definition) is 0. The Morgan fingerprint density at radius 3 is 2.18 bits per heavy atom. The molecule has 1 aliphatic rings. The van der Waals surface area contributed by atoms with Gasteiger partial charge in [0.2, 0.25) is 0 Å². The van der Waals surface area contributed by atoms with Crippen LogP contribution in [0.15, 0.2) is 48.8 Å². The van der Waals surface area contributed by atoms with Crippen molar-refractivity contribution in [2.75, 3.05) is 39.8 Å². The molecule has 3 rings (SSSR count). The fraction of sp³-hybridized carbons (Fsp3) is 0.421. The maximum absolute atomic E-state index is 4.07. The Bertz CT molecular complexity index is 557. The zero-order valence-electron chi connectivity index (χ0n) is 13.4. The second-order valence-corrected chi connectivity index (χ2v) is 6.18. The molecule has 0 radical (unpaired) electrons. The second-order valence-electron chi connectivity index (χ2n) is 6.18. The largest absolute Gasteiger partial charge is 0.304 e. The maximum Gasteiger partial charge on any atom is 0.0273 e. The summed E-state index contributed by atoms with van der Waals surface area (Å²) in [5.74, 6) is 0. The van der Waals surface area contributed by atoms with E-state index in [1.807, 2.05) is 12.4 Å². The molecular weight excluding hydrogens is 270 g/mol. The quantitative estimate of drug-likeness (QED) is 0.845. The fourth-order valence-corrected chi connectivity index (χ4v) is 2.99. The topological polar surface area (TPSA) is 19.4 Å². The van der Waals surface area contributed by atoms with Gasteiger partial charge in [-0.2, -0.15) is 0 Å². The number of likely N-dealkylation sites (N-methyl/N-ethyl adjacent to an activating group) is 1. The van der Waals surface area contributed by atoms with Crippen LogP contribution in [0.25, 0.3) is 11.1 Å². The Hall–Kier alpha value is -1.71. The molecule has 3 heteroatoms. The van der Waals surface area contributed by atoms with Crippen LogP contribution in [0.3, 0.4) is 0 Å². The summed E-state index contributed by atoms with van der Waals surface area (Å²) in [4.78, 5) is 9.07. The summed E-state index contributed by atoms with van der Waals surface area (Å²) in [6.45, 7) is 6.08. The van der Waals surface area contributed by atoms with Gasteiger partial charge in [0.25, 0.3) is 0 Å². The maximum atomic E-state index is 4.07. The van der Waals surface area contributed by atoms with E-state index >= 15 is 0 Å². The van der Waals surface area contributed by atoms with Gasteiger partial charge in [0, 0.05) is 38.6 Å². The van der Waals surface area contributed by atoms with E-state index in [4.69, 9.17) is 0 Å². The van der Waals surface area contributed by atoms with Gasteiger partial charge >= 0.3 is 0 Å². The molecule has 3 nitrogen and oxygen atoms in total. The molecule has 1 fully saturated rings. The Morgan fingerprint density at radius 1 is 0.864 bits per heavy atom. The van der Waals surface area contributed by atoms with Crippen molar-refractivity contribution >= 4 is 0 Å². The lowest BCUT2D eigenvalue weighted by atomic mass is 10.0. The Kier molecular flexibility index (Phi) is 5.20. The van der Waals surface area contributed by atoms with Crippen LogP contribution in [0, 0.1) is 0 Å². The minimum Gasteiger partial charge on any atom is -0.304 e. The van der Waals surface area contributed by atoms with E-state index in [0.717, 1.165) is 0 Å². The summed E-state index contributed by atoms with van der Waals surface area (Å²) in [6, 6.07) is 13.1. The van der Waals surface area contributed by atoms with Crippen LogP contribution in [0.2, 0.25) is 0 Å². The monoisotopic (exact) mass is 295 g/mol. The van der Waals surface area contributed by atoms with Crippen molar-refractivity contribution in [1.29, 1.82) is 0 Å². The lowest BCUT2D eigenvalue weighted by molar-refractivity contribution is 0.153. The lowest BCUT2D eigenvalue weighted by Crippen LogP contribution is -2.44. The number of piperazine rings is 1. The fourth-order valence-electron chi connectivity index (χ4n) is 2.99. The second kappa shape index (κ2) is 7.52. The van der Waals surface area contributed by atoms with Gasteiger partial charge in [0.05, 0.1) is 0 Å². The van der Waals surface area contributed by atoms with Gasteiger partial charge in [0.15, 0.2) is 0 Å². The number of hydrogen-bond acceptors (Lipinski definition) is 3. The van der Waals surface area contributed by atoms with Crippen LogP contribution >= 0.6 is 0 Å². The van der Waals surface area contributed by atoms with E-state index in [1.54, 1.807) is 0 Å². The number of nitrogens with zero attached hydrogens (tertiary/aromatic N) is 3. The molecule has 1 aliphatic heterocycles. The van der Waals surface area contributed by atoms with Crippen LogP contribution < -0.4 is 0 Å². The van der Waals surface area contributed by atoms with Crippen molar-refractivity contribution in [3.63, 3.8) is 0 Å². The predicted octanol–water partition coefficient (Wildman–Crippen LogP) is 2.93. The normalized spacial score (nSPS) is 16.8. The first-order valence-corrected chi connectivity index (χ1v) is 8.21. The summed E-state index contributed by atoms with van der Waals surface area (Å²) in [5, 5.41) is 0. The molecule has 2 heterocycles. The van der Waals surface area contributed by atoms with Gasteiger partial charge in [0.1, 0.15) is 0 Å². The van der Waals surface area contributed by atoms with Gasteiger partial charge in [-0.15, -0.1) is 0 Å². The predicted molar refractivity (Wildman–Crippen MR) is 91.9 cm³/mol. The molecule has 0 spiro atoms. The molecule has 0 unspecified atom stereocenters. The van der Waals surface area contributed by atoms with E-state index in [0.29, 0.717) is 0 Å². The molecule has 0 amide bonds. The first-order valence-electron chi connectivity index (χ1n) is 8.21. The van der Waals surface area contributed by atoms with E-state index in [2.05, 4.69) is 58.2 Å². The van der Waals surface area contributed by atoms with Crippen LogP contribution in [0.5, 0.6) is 0 Å². The van der Waals surface area contributed by atoms with Gasteiger partial charge < -0.3 is 9.80 Å². The summed E-state index contributed by atoms with van der Waals surface area (Å²) in [7, 11) is 2.21. The van der Waals surface area contributed by atoms with E-state index in [1.165, 1.54) is 62.3 Å². The average Bonchev–Trinajstić information content (AvgIpc) is 2.58. The Labute approximate surface area is 133 Å². The minimum atomic E-state index is 1.17. The molecule has 0 N–H and O–H groups in total. The highest BCUT2D eigenvalue weighted by Gasteiger charge is 2.12. The first-order chi connectivity index (χ1) is 10.8.